The molecule has 60 heavy (non-hydrogen) atoms. The number of aliphatic hydroxyl groups is 2. The SMILES string of the molecule is O=S(=O)(O)c1cc(Nc2nc(NCCO)nc(Nc3ccccc3)n2)ccc1/C=C/c1ccc(Nc2nc(NCCO)nc(Nc3ccccc3)n2)cc1S(=O)(=O)O.[NaH].[NaH]. The van der Waals surface area contributed by atoms with Crippen LogP contribution in [0.2, 0.25) is 0 Å². The molecule has 304 valence electrons. The zero-order valence-corrected chi connectivity index (χ0v) is 31.8. The predicted octanol–water partition coefficient (Wildman–Crippen LogP) is 3.21. The van der Waals surface area contributed by atoms with Crippen molar-refractivity contribution in [1.82, 2.24) is 29.9 Å². The molecule has 0 spiro atoms. The van der Waals surface area contributed by atoms with Crippen LogP contribution < -0.4 is 31.9 Å². The van der Waals surface area contributed by atoms with Crippen molar-refractivity contribution >= 4 is 150 Å². The van der Waals surface area contributed by atoms with Gasteiger partial charge in [0.25, 0.3) is 20.2 Å². The molecule has 0 unspecified atom stereocenters. The van der Waals surface area contributed by atoms with E-state index in [-0.39, 0.29) is 144 Å². The van der Waals surface area contributed by atoms with Crippen molar-refractivity contribution in [1.29, 1.82) is 0 Å². The summed E-state index contributed by atoms with van der Waals surface area (Å²) in [5.41, 5.74) is 1.59. The van der Waals surface area contributed by atoms with Gasteiger partial charge in [-0.1, -0.05) is 60.7 Å². The number of nitrogens with one attached hydrogen (secondary N) is 6. The number of hydrogen-bond donors (Lipinski definition) is 10. The van der Waals surface area contributed by atoms with Crippen LogP contribution in [-0.4, -0.2) is 151 Å². The maximum absolute atomic E-state index is 12.6. The van der Waals surface area contributed by atoms with E-state index in [1.807, 2.05) is 36.4 Å². The topological polar surface area (TPSA) is 299 Å². The average molecular weight is 877 g/mol. The molecule has 0 radical (unpaired) electrons. The van der Waals surface area contributed by atoms with Gasteiger partial charge in [0.1, 0.15) is 9.79 Å². The monoisotopic (exact) mass is 876 g/mol. The number of aliphatic hydroxyl groups excluding tert-OH is 2. The number of hydrogen-bond acceptors (Lipinski definition) is 18. The zero-order chi connectivity index (χ0) is 41.1. The second-order valence-corrected chi connectivity index (χ2v) is 14.7. The van der Waals surface area contributed by atoms with Crippen molar-refractivity contribution in [2.75, 3.05) is 58.2 Å². The third kappa shape index (κ3) is 13.9. The van der Waals surface area contributed by atoms with E-state index in [0.29, 0.717) is 11.4 Å². The molecule has 6 aromatic rings. The van der Waals surface area contributed by atoms with Crippen molar-refractivity contribution in [2.45, 2.75) is 9.79 Å². The first kappa shape index (κ1) is 47.9. The molecule has 0 saturated heterocycles. The van der Waals surface area contributed by atoms with Gasteiger partial charge in [0, 0.05) is 35.8 Å². The van der Waals surface area contributed by atoms with E-state index < -0.39 is 30.0 Å². The molecule has 20 nitrogen and oxygen atoms in total. The number of nitrogens with zero attached hydrogens (tertiary/aromatic N) is 6. The van der Waals surface area contributed by atoms with Gasteiger partial charge in [-0.05, 0) is 59.7 Å². The van der Waals surface area contributed by atoms with Crippen LogP contribution >= 0.6 is 0 Å². The molecule has 2 aromatic heterocycles. The molecule has 0 saturated carbocycles. The molecule has 0 atom stereocenters. The van der Waals surface area contributed by atoms with Crippen LogP contribution in [-0.2, 0) is 20.2 Å². The summed E-state index contributed by atoms with van der Waals surface area (Å²) in [6.07, 6.45) is 2.50. The Labute approximate surface area is 389 Å². The summed E-state index contributed by atoms with van der Waals surface area (Å²) >= 11 is 0. The van der Waals surface area contributed by atoms with E-state index in [0.717, 1.165) is 12.1 Å². The molecule has 0 aliphatic heterocycles. The first-order valence-corrected chi connectivity index (χ1v) is 20.1. The Morgan fingerprint density at radius 3 is 1.08 bits per heavy atom. The summed E-state index contributed by atoms with van der Waals surface area (Å²) in [5.74, 6) is 0.452. The second kappa shape index (κ2) is 22.1. The predicted molar refractivity (Wildman–Crippen MR) is 233 cm³/mol. The van der Waals surface area contributed by atoms with Crippen LogP contribution in [0.15, 0.2) is 107 Å². The quantitative estimate of drug-likeness (QED) is 0.0337. The molecule has 0 bridgehead atoms. The van der Waals surface area contributed by atoms with Crippen molar-refractivity contribution in [3.63, 3.8) is 0 Å². The van der Waals surface area contributed by atoms with Crippen molar-refractivity contribution < 1.29 is 36.2 Å². The Hall–Kier alpha value is -4.82. The first-order chi connectivity index (χ1) is 27.9. The summed E-state index contributed by atoms with van der Waals surface area (Å²) in [7, 11) is -9.70. The van der Waals surface area contributed by atoms with E-state index >= 15 is 0 Å². The minimum absolute atomic E-state index is 0. The number of rotatable bonds is 18. The molecular weight excluding hydrogens is 839 g/mol. The van der Waals surface area contributed by atoms with Crippen molar-refractivity contribution in [3.8, 4) is 0 Å². The fourth-order valence-corrected chi connectivity index (χ4v) is 6.57. The molecule has 2 heterocycles. The van der Waals surface area contributed by atoms with E-state index in [9.17, 15) is 36.2 Å². The maximum atomic E-state index is 12.6. The molecule has 6 rings (SSSR count). The van der Waals surface area contributed by atoms with Crippen molar-refractivity contribution in [2.24, 2.45) is 0 Å². The van der Waals surface area contributed by atoms with Crippen LogP contribution in [0.4, 0.5) is 58.4 Å². The van der Waals surface area contributed by atoms with Gasteiger partial charge in [-0.15, -0.1) is 0 Å². The van der Waals surface area contributed by atoms with Gasteiger partial charge in [0.2, 0.25) is 35.7 Å². The van der Waals surface area contributed by atoms with E-state index in [2.05, 4.69) is 61.8 Å². The second-order valence-electron chi connectivity index (χ2n) is 11.9. The Kier molecular flexibility index (Phi) is 17.7. The standard InChI is InChI=1S/C36H36N12O8S2.2Na.2H/c49-19-17-37-31-43-33(39-25-7-3-1-4-8-25)47-35(45-31)41-27-15-13-23(29(21-27)57(51,52)53)11-12-24-14-16-28(22-30(24)58(54,55)56)42-36-46-32(38-18-20-50)44-34(48-36)40-26-9-5-2-6-10-26;;;;/h1-16,21-22,49-50H,17-20H2,(H,51,52,53)(H,54,55,56)(H3,37,39,41,43,45,47)(H3,38,40,42,44,46,48);;;;/b12-11+;;;;. The average Bonchev–Trinajstić information content (AvgIpc) is 3.19. The molecule has 4 aromatic carbocycles. The molecule has 0 aliphatic rings. The zero-order valence-electron chi connectivity index (χ0n) is 30.1. The van der Waals surface area contributed by atoms with Crippen LogP contribution in [0.3, 0.4) is 0 Å². The normalized spacial score (nSPS) is 11.2. The number of anilines is 10. The summed E-state index contributed by atoms with van der Waals surface area (Å²) in [6.45, 7) is -0.123. The number of benzene rings is 4. The van der Waals surface area contributed by atoms with Crippen LogP contribution in [0, 0.1) is 0 Å². The molecule has 0 amide bonds. The Morgan fingerprint density at radius 2 is 0.767 bits per heavy atom. The molecule has 0 fully saturated rings. The van der Waals surface area contributed by atoms with Gasteiger partial charge >= 0.3 is 59.1 Å². The molecule has 10 N–H and O–H groups in total. The van der Waals surface area contributed by atoms with Gasteiger partial charge in [-0.2, -0.15) is 46.7 Å². The van der Waals surface area contributed by atoms with Crippen molar-refractivity contribution in [3.05, 3.63) is 108 Å². The molecule has 0 aliphatic carbocycles. The molecular formula is C36H38N12Na2O8S2. The summed E-state index contributed by atoms with van der Waals surface area (Å²) < 4.78 is 70.7. The van der Waals surface area contributed by atoms with Gasteiger partial charge < -0.3 is 42.1 Å². The Morgan fingerprint density at radius 1 is 0.450 bits per heavy atom. The first-order valence-electron chi connectivity index (χ1n) is 17.2. The van der Waals surface area contributed by atoms with Gasteiger partial charge in [-0.25, -0.2) is 0 Å². The van der Waals surface area contributed by atoms with Crippen LogP contribution in [0.1, 0.15) is 11.1 Å². The summed E-state index contributed by atoms with van der Waals surface area (Å²) in [4.78, 5) is 24.7. The minimum atomic E-state index is -4.85. The summed E-state index contributed by atoms with van der Waals surface area (Å²) in [6, 6.07) is 26.0. The third-order valence-electron chi connectivity index (χ3n) is 7.66. The van der Waals surface area contributed by atoms with Crippen LogP contribution in [0.5, 0.6) is 0 Å². The van der Waals surface area contributed by atoms with Gasteiger partial charge in [0.05, 0.1) is 13.2 Å². The molecule has 24 heteroatoms. The van der Waals surface area contributed by atoms with Crippen LogP contribution in [0.25, 0.3) is 12.2 Å². The Bertz CT molecular complexity index is 2460. The summed E-state index contributed by atoms with van der Waals surface area (Å²) in [5, 5.41) is 36.1. The fourth-order valence-electron chi connectivity index (χ4n) is 5.15. The van der Waals surface area contributed by atoms with E-state index in [4.69, 9.17) is 0 Å². The fraction of sp³-hybridized carbons (Fsp3) is 0.111. The number of aromatic nitrogens is 6. The number of para-hydroxylation sites is 2. The van der Waals surface area contributed by atoms with E-state index in [1.54, 1.807) is 24.3 Å². The third-order valence-corrected chi connectivity index (χ3v) is 9.48. The van der Waals surface area contributed by atoms with Gasteiger partial charge in [-0.3, -0.25) is 9.11 Å². The van der Waals surface area contributed by atoms with Gasteiger partial charge in [0.15, 0.2) is 0 Å². The van der Waals surface area contributed by atoms with E-state index in [1.165, 1.54) is 36.4 Å². The Balaban J connectivity index is 0.00000397.